The van der Waals surface area contributed by atoms with Crippen LogP contribution in [-0.4, -0.2) is 52.5 Å². The van der Waals surface area contributed by atoms with Crippen molar-refractivity contribution in [3.05, 3.63) is 18.0 Å². The maximum Gasteiger partial charge on any atom is 0.407 e. The van der Waals surface area contributed by atoms with Crippen molar-refractivity contribution < 1.29 is 23.9 Å². The van der Waals surface area contributed by atoms with Crippen LogP contribution >= 0.6 is 0 Å². The predicted octanol–water partition coefficient (Wildman–Crippen LogP) is 2.28. The van der Waals surface area contributed by atoms with Crippen molar-refractivity contribution in [3.63, 3.8) is 0 Å². The third-order valence-electron chi connectivity index (χ3n) is 5.28. The molecule has 0 aromatic carbocycles. The highest BCUT2D eigenvalue weighted by atomic mass is 16.5. The van der Waals surface area contributed by atoms with Crippen LogP contribution in [0.4, 0.5) is 4.79 Å². The summed E-state index contributed by atoms with van der Waals surface area (Å²) in [5, 5.41) is 9.57. The molecule has 1 aliphatic heterocycles. The number of ether oxygens (including phenoxy) is 1. The average molecular weight is 449 g/mol. The fourth-order valence-corrected chi connectivity index (χ4v) is 3.48. The summed E-state index contributed by atoms with van der Waals surface area (Å²) in [7, 11) is 0. The number of hydrogen-bond donors (Lipinski definition) is 2. The predicted molar refractivity (Wildman–Crippen MR) is 119 cm³/mol. The monoisotopic (exact) mass is 448 g/mol. The molecule has 0 fully saturated rings. The highest BCUT2D eigenvalue weighted by Crippen LogP contribution is 2.19. The smallest absolute Gasteiger partial charge is 0.407 e. The molecule has 32 heavy (non-hydrogen) atoms. The van der Waals surface area contributed by atoms with Crippen molar-refractivity contribution in [2.45, 2.75) is 72.9 Å². The number of carbonyl (C=O) groups is 4. The molecule has 2 bridgehead atoms. The molecule has 0 saturated carbocycles. The topological polar surface area (TPSA) is 119 Å². The van der Waals surface area contributed by atoms with Crippen LogP contribution in [0.15, 0.2) is 12.4 Å². The van der Waals surface area contributed by atoms with Crippen molar-refractivity contribution in [3.8, 4) is 0 Å². The second-order valence-corrected chi connectivity index (χ2v) is 9.99. The Balaban J connectivity index is 2.09. The highest BCUT2D eigenvalue weighted by Gasteiger charge is 2.32. The Morgan fingerprint density at radius 1 is 1.31 bits per heavy atom. The lowest BCUT2D eigenvalue weighted by atomic mass is 9.86. The summed E-state index contributed by atoms with van der Waals surface area (Å²) in [6.07, 6.45) is 4.43. The summed E-state index contributed by atoms with van der Waals surface area (Å²) in [4.78, 5) is 50.4. The fourth-order valence-electron chi connectivity index (χ4n) is 3.48. The molecule has 1 aromatic heterocycles. The molecule has 0 spiro atoms. The van der Waals surface area contributed by atoms with Gasteiger partial charge >= 0.3 is 6.09 Å². The van der Waals surface area contributed by atoms with Crippen LogP contribution < -0.4 is 10.6 Å². The van der Waals surface area contributed by atoms with E-state index in [0.717, 1.165) is 5.56 Å². The minimum absolute atomic E-state index is 0.122. The van der Waals surface area contributed by atoms with Gasteiger partial charge < -0.3 is 15.4 Å². The molecule has 9 nitrogen and oxygen atoms in total. The molecule has 0 aliphatic carbocycles. The standard InChI is InChI=1S/C23H36N4O5/c1-15(2)19(26-22(31)32-14-23(3,4)5)18(28)11-17-8-7-16-12-25-27(13-16)10-6-9-24-21(30)20(17)29/h12-13,15,17,19H,6-11,14H2,1-5H3,(H,24,30)(H,26,31). The molecule has 0 saturated heterocycles. The van der Waals surface area contributed by atoms with E-state index in [-0.39, 0.29) is 30.1 Å². The lowest BCUT2D eigenvalue weighted by Gasteiger charge is -2.24. The SMILES string of the molecule is CC(C)C(NC(=O)OCC(C)(C)C)C(=O)CC1CCc2cnn(c2)CCCNC(=O)C1=O. The van der Waals surface area contributed by atoms with Gasteiger partial charge in [-0.2, -0.15) is 5.10 Å². The Hall–Kier alpha value is -2.71. The number of rotatable bonds is 6. The van der Waals surface area contributed by atoms with Crippen LogP contribution in [0.1, 0.15) is 59.4 Å². The van der Waals surface area contributed by atoms with Crippen LogP contribution in [0.2, 0.25) is 0 Å². The molecule has 1 aliphatic rings. The van der Waals surface area contributed by atoms with Crippen molar-refractivity contribution in [1.29, 1.82) is 0 Å². The number of carbonyl (C=O) groups excluding carboxylic acids is 4. The molecule has 2 rings (SSSR count). The van der Waals surface area contributed by atoms with E-state index < -0.39 is 29.7 Å². The van der Waals surface area contributed by atoms with E-state index in [0.29, 0.717) is 32.4 Å². The zero-order valence-electron chi connectivity index (χ0n) is 19.8. The number of alkyl carbamates (subject to hydrolysis) is 1. The van der Waals surface area contributed by atoms with Gasteiger partial charge in [-0.25, -0.2) is 4.79 Å². The maximum atomic E-state index is 13.1. The Labute approximate surface area is 189 Å². The molecule has 0 radical (unpaired) electrons. The van der Waals surface area contributed by atoms with E-state index in [4.69, 9.17) is 4.74 Å². The second kappa shape index (κ2) is 11.2. The number of amides is 2. The molecule has 178 valence electrons. The zero-order valence-corrected chi connectivity index (χ0v) is 19.8. The Bertz CT molecular complexity index is 825. The number of aromatic nitrogens is 2. The van der Waals surface area contributed by atoms with Gasteiger partial charge in [0.25, 0.3) is 5.91 Å². The largest absolute Gasteiger partial charge is 0.449 e. The van der Waals surface area contributed by atoms with Gasteiger partial charge in [-0.05, 0) is 36.2 Å². The summed E-state index contributed by atoms with van der Waals surface area (Å²) in [5.74, 6) is -2.51. The Morgan fingerprint density at radius 3 is 2.69 bits per heavy atom. The lowest BCUT2D eigenvalue weighted by Crippen LogP contribution is -2.46. The molecule has 2 amide bonds. The number of nitrogens with zero attached hydrogens (tertiary/aromatic N) is 2. The third-order valence-corrected chi connectivity index (χ3v) is 5.28. The highest BCUT2D eigenvalue weighted by molar-refractivity contribution is 6.37. The first kappa shape index (κ1) is 25.5. The summed E-state index contributed by atoms with van der Waals surface area (Å²) < 4.78 is 7.04. The van der Waals surface area contributed by atoms with E-state index in [9.17, 15) is 19.2 Å². The maximum absolute atomic E-state index is 13.1. The number of nitrogens with one attached hydrogen (secondary N) is 2. The minimum atomic E-state index is -0.803. The van der Waals surface area contributed by atoms with Gasteiger partial charge in [-0.3, -0.25) is 19.1 Å². The molecular weight excluding hydrogens is 412 g/mol. The van der Waals surface area contributed by atoms with E-state index in [1.165, 1.54) is 0 Å². The fraction of sp³-hybridized carbons (Fsp3) is 0.696. The van der Waals surface area contributed by atoms with E-state index in [2.05, 4.69) is 15.7 Å². The number of ketones is 2. The first-order valence-electron chi connectivity index (χ1n) is 11.3. The van der Waals surface area contributed by atoms with E-state index in [1.54, 1.807) is 6.20 Å². The first-order chi connectivity index (χ1) is 15.0. The summed E-state index contributed by atoms with van der Waals surface area (Å²) >= 11 is 0. The quantitative estimate of drug-likeness (QED) is 0.645. The summed E-state index contributed by atoms with van der Waals surface area (Å²) in [5.41, 5.74) is 0.760. The van der Waals surface area contributed by atoms with Crippen molar-refractivity contribution in [2.24, 2.45) is 17.3 Å². The molecule has 9 heteroatoms. The second-order valence-electron chi connectivity index (χ2n) is 9.99. The van der Waals surface area contributed by atoms with Crippen LogP contribution in [0.3, 0.4) is 0 Å². The normalized spacial score (nSPS) is 18.9. The molecular formula is C23H36N4O5. The third kappa shape index (κ3) is 8.09. The number of aryl methyl sites for hydroxylation is 2. The van der Waals surface area contributed by atoms with Crippen molar-refractivity contribution in [1.82, 2.24) is 20.4 Å². The van der Waals surface area contributed by atoms with Gasteiger partial charge in [-0.1, -0.05) is 34.6 Å². The van der Waals surface area contributed by atoms with Crippen LogP contribution in [-0.2, 0) is 32.1 Å². The van der Waals surface area contributed by atoms with Gasteiger partial charge in [0, 0.05) is 31.6 Å². The van der Waals surface area contributed by atoms with Crippen LogP contribution in [0.5, 0.6) is 0 Å². The average Bonchev–Trinajstić information content (AvgIpc) is 3.16. The molecule has 2 N–H and O–H groups in total. The lowest BCUT2D eigenvalue weighted by molar-refractivity contribution is -0.141. The first-order valence-corrected chi connectivity index (χ1v) is 11.3. The van der Waals surface area contributed by atoms with Crippen molar-refractivity contribution in [2.75, 3.05) is 13.2 Å². The number of Topliss-reactive ketones (excluding diaryl/α,β-unsaturated/α-hetero) is 2. The van der Waals surface area contributed by atoms with E-state index >= 15 is 0 Å². The van der Waals surface area contributed by atoms with Crippen molar-refractivity contribution >= 4 is 23.6 Å². The van der Waals surface area contributed by atoms with Crippen LogP contribution in [0, 0.1) is 17.3 Å². The number of fused-ring (bicyclic) bond motifs is 2. The van der Waals surface area contributed by atoms with Gasteiger partial charge in [0.15, 0.2) is 5.78 Å². The zero-order chi connectivity index (χ0) is 23.9. The molecule has 2 heterocycles. The van der Waals surface area contributed by atoms with Gasteiger partial charge in [0.05, 0.1) is 18.8 Å². The number of hydrogen-bond acceptors (Lipinski definition) is 6. The summed E-state index contributed by atoms with van der Waals surface area (Å²) in [6, 6.07) is -0.803. The Morgan fingerprint density at radius 2 is 2.03 bits per heavy atom. The Kier molecular flexibility index (Phi) is 8.98. The van der Waals surface area contributed by atoms with Gasteiger partial charge in [0.2, 0.25) is 5.78 Å². The minimum Gasteiger partial charge on any atom is -0.449 e. The summed E-state index contributed by atoms with van der Waals surface area (Å²) in [6.45, 7) is 10.7. The molecule has 2 unspecified atom stereocenters. The van der Waals surface area contributed by atoms with Gasteiger partial charge in [-0.15, -0.1) is 0 Å². The van der Waals surface area contributed by atoms with Gasteiger partial charge in [0.1, 0.15) is 0 Å². The molecule has 1 aromatic rings. The molecule has 2 atom stereocenters. The van der Waals surface area contributed by atoms with E-state index in [1.807, 2.05) is 45.5 Å². The van der Waals surface area contributed by atoms with Crippen LogP contribution in [0.25, 0.3) is 0 Å².